The second kappa shape index (κ2) is 5.36. The molecule has 0 aromatic carbocycles. The number of ether oxygens (including phenoxy) is 1. The van der Waals surface area contributed by atoms with Gasteiger partial charge in [-0.3, -0.25) is 0 Å². The quantitative estimate of drug-likeness (QED) is 0.870. The van der Waals surface area contributed by atoms with E-state index in [2.05, 4.69) is 16.9 Å². The number of likely N-dealkylation sites (N-methyl/N-ethyl adjacent to an activating group) is 1. The maximum atomic E-state index is 5.77. The summed E-state index contributed by atoms with van der Waals surface area (Å²) in [5.74, 6) is 0.964. The SMILES string of the molecule is Cc1nc(N(C)CC2CCCCO2)ccc1N. The topological polar surface area (TPSA) is 51.4 Å². The summed E-state index contributed by atoms with van der Waals surface area (Å²) >= 11 is 0. The second-order valence-electron chi connectivity index (χ2n) is 4.71. The first kappa shape index (κ1) is 12.2. The molecule has 1 aromatic rings. The lowest BCUT2D eigenvalue weighted by molar-refractivity contribution is 0.0215. The molecule has 4 nitrogen and oxygen atoms in total. The Kier molecular flexibility index (Phi) is 3.84. The van der Waals surface area contributed by atoms with Crippen LogP contribution >= 0.6 is 0 Å². The number of aromatic nitrogens is 1. The Labute approximate surface area is 103 Å². The average Bonchev–Trinajstić information content (AvgIpc) is 2.34. The Morgan fingerprint density at radius 2 is 2.29 bits per heavy atom. The Bertz CT molecular complexity index is 375. The molecule has 17 heavy (non-hydrogen) atoms. The fourth-order valence-electron chi connectivity index (χ4n) is 2.12. The molecule has 2 N–H and O–H groups in total. The fraction of sp³-hybridized carbons (Fsp3) is 0.615. The van der Waals surface area contributed by atoms with Crippen molar-refractivity contribution in [3.05, 3.63) is 17.8 Å². The van der Waals surface area contributed by atoms with E-state index in [9.17, 15) is 0 Å². The molecule has 4 heteroatoms. The van der Waals surface area contributed by atoms with Gasteiger partial charge in [0.25, 0.3) is 0 Å². The number of anilines is 2. The van der Waals surface area contributed by atoms with Gasteiger partial charge in [0, 0.05) is 20.2 Å². The van der Waals surface area contributed by atoms with Gasteiger partial charge in [-0.1, -0.05) is 0 Å². The summed E-state index contributed by atoms with van der Waals surface area (Å²) in [5.41, 5.74) is 7.40. The van der Waals surface area contributed by atoms with E-state index in [-0.39, 0.29) is 0 Å². The van der Waals surface area contributed by atoms with Gasteiger partial charge in [0.05, 0.1) is 17.5 Å². The van der Waals surface area contributed by atoms with Crippen molar-refractivity contribution in [1.29, 1.82) is 0 Å². The van der Waals surface area contributed by atoms with E-state index in [0.717, 1.165) is 36.8 Å². The minimum absolute atomic E-state index is 0.341. The zero-order chi connectivity index (χ0) is 12.3. The number of nitrogens with zero attached hydrogens (tertiary/aromatic N) is 2. The van der Waals surface area contributed by atoms with E-state index in [1.807, 2.05) is 19.1 Å². The third kappa shape index (κ3) is 3.09. The van der Waals surface area contributed by atoms with Crippen molar-refractivity contribution in [2.75, 3.05) is 30.8 Å². The maximum absolute atomic E-state index is 5.77. The number of pyridine rings is 1. The highest BCUT2D eigenvalue weighted by molar-refractivity contribution is 5.50. The second-order valence-corrected chi connectivity index (χ2v) is 4.71. The molecule has 0 aliphatic carbocycles. The van der Waals surface area contributed by atoms with Crippen LogP contribution < -0.4 is 10.6 Å². The summed E-state index contributed by atoms with van der Waals surface area (Å²) in [4.78, 5) is 6.62. The van der Waals surface area contributed by atoms with Crippen LogP contribution in [0.5, 0.6) is 0 Å². The van der Waals surface area contributed by atoms with Gasteiger partial charge in [0.15, 0.2) is 0 Å². The van der Waals surface area contributed by atoms with E-state index >= 15 is 0 Å². The lowest BCUT2D eigenvalue weighted by Crippen LogP contribution is -2.33. The zero-order valence-electron chi connectivity index (χ0n) is 10.6. The smallest absolute Gasteiger partial charge is 0.128 e. The van der Waals surface area contributed by atoms with Crippen molar-refractivity contribution in [2.24, 2.45) is 0 Å². The number of hydrogen-bond acceptors (Lipinski definition) is 4. The number of aryl methyl sites for hydroxylation is 1. The van der Waals surface area contributed by atoms with Gasteiger partial charge in [-0.2, -0.15) is 0 Å². The summed E-state index contributed by atoms with van der Waals surface area (Å²) in [5, 5.41) is 0. The van der Waals surface area contributed by atoms with E-state index in [1.54, 1.807) is 0 Å². The van der Waals surface area contributed by atoms with Crippen LogP contribution in [0.3, 0.4) is 0 Å². The van der Waals surface area contributed by atoms with Crippen LogP contribution in [0.2, 0.25) is 0 Å². The van der Waals surface area contributed by atoms with Gasteiger partial charge in [-0.15, -0.1) is 0 Å². The monoisotopic (exact) mass is 235 g/mol. The molecule has 0 saturated carbocycles. The molecule has 1 aromatic heterocycles. The molecule has 0 spiro atoms. The highest BCUT2D eigenvalue weighted by Gasteiger charge is 2.16. The highest BCUT2D eigenvalue weighted by Crippen LogP contribution is 2.18. The molecule has 94 valence electrons. The van der Waals surface area contributed by atoms with E-state index < -0.39 is 0 Å². The van der Waals surface area contributed by atoms with Gasteiger partial charge in [0.1, 0.15) is 5.82 Å². The number of hydrogen-bond donors (Lipinski definition) is 1. The lowest BCUT2D eigenvalue weighted by Gasteiger charge is -2.28. The van der Waals surface area contributed by atoms with Crippen molar-refractivity contribution < 1.29 is 4.74 Å². The Hall–Kier alpha value is -1.29. The molecule has 1 aliphatic rings. The summed E-state index contributed by atoms with van der Waals surface area (Å²) in [6.45, 7) is 3.73. The Balaban J connectivity index is 1.98. The van der Waals surface area contributed by atoms with Crippen molar-refractivity contribution >= 4 is 11.5 Å². The molecule has 1 fully saturated rings. The van der Waals surface area contributed by atoms with E-state index in [4.69, 9.17) is 10.5 Å². The first-order valence-electron chi connectivity index (χ1n) is 6.22. The zero-order valence-corrected chi connectivity index (χ0v) is 10.6. The molecule has 0 amide bonds. The summed E-state index contributed by atoms with van der Waals surface area (Å²) in [7, 11) is 2.05. The molecule has 1 unspecified atom stereocenters. The van der Waals surface area contributed by atoms with Gasteiger partial charge in [0.2, 0.25) is 0 Å². The molecule has 1 atom stereocenters. The molecule has 0 radical (unpaired) electrons. The fourth-order valence-corrected chi connectivity index (χ4v) is 2.12. The van der Waals surface area contributed by atoms with Gasteiger partial charge >= 0.3 is 0 Å². The summed E-state index contributed by atoms with van der Waals surface area (Å²) in [6.07, 6.45) is 3.96. The van der Waals surface area contributed by atoms with E-state index in [1.165, 1.54) is 12.8 Å². The minimum Gasteiger partial charge on any atom is -0.397 e. The van der Waals surface area contributed by atoms with Crippen molar-refractivity contribution in [2.45, 2.75) is 32.3 Å². The van der Waals surface area contributed by atoms with Crippen LogP contribution in [0.25, 0.3) is 0 Å². The first-order chi connectivity index (χ1) is 8.16. The largest absolute Gasteiger partial charge is 0.397 e. The third-order valence-corrected chi connectivity index (χ3v) is 3.25. The van der Waals surface area contributed by atoms with Crippen molar-refractivity contribution in [1.82, 2.24) is 4.98 Å². The molecule has 1 aliphatic heterocycles. The predicted molar refractivity (Wildman–Crippen MR) is 70.2 cm³/mol. The maximum Gasteiger partial charge on any atom is 0.128 e. The molecule has 2 heterocycles. The lowest BCUT2D eigenvalue weighted by atomic mass is 10.1. The normalized spacial score (nSPS) is 20.2. The van der Waals surface area contributed by atoms with E-state index in [0.29, 0.717) is 6.10 Å². The van der Waals surface area contributed by atoms with Crippen molar-refractivity contribution in [3.63, 3.8) is 0 Å². The number of rotatable bonds is 3. The Morgan fingerprint density at radius 3 is 2.94 bits per heavy atom. The summed E-state index contributed by atoms with van der Waals surface area (Å²) in [6, 6.07) is 3.88. The molecular formula is C13H21N3O. The summed E-state index contributed by atoms with van der Waals surface area (Å²) < 4.78 is 5.73. The third-order valence-electron chi connectivity index (χ3n) is 3.25. The van der Waals surface area contributed by atoms with Crippen LogP contribution in [0.15, 0.2) is 12.1 Å². The Morgan fingerprint density at radius 1 is 1.47 bits per heavy atom. The molecule has 0 bridgehead atoms. The van der Waals surface area contributed by atoms with Crippen molar-refractivity contribution in [3.8, 4) is 0 Å². The van der Waals surface area contributed by atoms with Crippen LogP contribution in [0.4, 0.5) is 11.5 Å². The molecule has 1 saturated heterocycles. The van der Waals surface area contributed by atoms with Gasteiger partial charge < -0.3 is 15.4 Å². The highest BCUT2D eigenvalue weighted by atomic mass is 16.5. The van der Waals surface area contributed by atoms with Gasteiger partial charge in [-0.05, 0) is 38.3 Å². The average molecular weight is 235 g/mol. The molecular weight excluding hydrogens is 214 g/mol. The minimum atomic E-state index is 0.341. The van der Waals surface area contributed by atoms with Gasteiger partial charge in [-0.25, -0.2) is 4.98 Å². The van der Waals surface area contributed by atoms with Crippen LogP contribution in [0, 0.1) is 6.92 Å². The van der Waals surface area contributed by atoms with Crippen LogP contribution in [-0.4, -0.2) is 31.3 Å². The molecule has 2 rings (SSSR count). The van der Waals surface area contributed by atoms with Crippen LogP contribution in [0.1, 0.15) is 25.0 Å². The van der Waals surface area contributed by atoms with Crippen LogP contribution in [-0.2, 0) is 4.74 Å². The number of nitrogen functional groups attached to an aromatic ring is 1. The standard InChI is InChI=1S/C13H21N3O/c1-10-12(14)6-7-13(15-10)16(2)9-11-5-3-4-8-17-11/h6-7,11H,3-5,8-9,14H2,1-2H3. The first-order valence-corrected chi connectivity index (χ1v) is 6.22. The predicted octanol–water partition coefficient (Wildman–Crippen LogP) is 1.98. The number of nitrogens with two attached hydrogens (primary N) is 1.